The average molecular weight is 259 g/mol. The zero-order valence-electron chi connectivity index (χ0n) is 11.9. The smallest absolute Gasteiger partial charge is 0.236 e. The van der Waals surface area contributed by atoms with Crippen molar-refractivity contribution in [3.8, 4) is 0 Å². The van der Waals surface area contributed by atoms with Gasteiger partial charge in [-0.25, -0.2) is 0 Å². The highest BCUT2D eigenvalue weighted by atomic mass is 16.4. The predicted molar refractivity (Wildman–Crippen MR) is 70.4 cm³/mol. The van der Waals surface area contributed by atoms with E-state index in [9.17, 15) is 9.90 Å². The van der Waals surface area contributed by atoms with E-state index in [0.29, 0.717) is 13.0 Å². The highest BCUT2D eigenvalue weighted by Crippen LogP contribution is 2.25. The summed E-state index contributed by atoms with van der Waals surface area (Å²) in [4.78, 5) is 14.0. The lowest BCUT2D eigenvalue weighted by atomic mass is 9.84. The normalized spacial score (nSPS) is 16.2. The second kappa shape index (κ2) is 6.04. The Morgan fingerprint density at radius 2 is 1.83 bits per heavy atom. The van der Waals surface area contributed by atoms with Crippen molar-refractivity contribution >= 4 is 11.7 Å². The summed E-state index contributed by atoms with van der Waals surface area (Å²) in [5.74, 6) is -0.353. The Morgan fingerprint density at radius 1 is 1.33 bits per heavy atom. The van der Waals surface area contributed by atoms with E-state index < -0.39 is 11.0 Å². The van der Waals surface area contributed by atoms with Gasteiger partial charge in [-0.1, -0.05) is 12.1 Å². The molecule has 6 heteroatoms. The number of likely N-dealkylation sites (N-methyl/N-ethyl adjacent to an activating group) is 1. The quantitative estimate of drug-likeness (QED) is 0.284. The van der Waals surface area contributed by atoms with E-state index in [0.717, 1.165) is 0 Å². The predicted octanol–water partition coefficient (Wildman–Crippen LogP) is 0.768. The highest BCUT2D eigenvalue weighted by Gasteiger charge is 2.40. The molecule has 1 unspecified atom stereocenters. The molecule has 0 aromatic heterocycles. The first kappa shape index (κ1) is 16.7. The summed E-state index contributed by atoms with van der Waals surface area (Å²) in [5, 5.41) is 21.5. The number of hydrogen-bond acceptors (Lipinski definition) is 4. The number of nitrogens with zero attached hydrogens (tertiary/aromatic N) is 2. The van der Waals surface area contributed by atoms with Crippen LogP contribution >= 0.6 is 0 Å². The zero-order valence-corrected chi connectivity index (χ0v) is 11.9. The third-order valence-corrected chi connectivity index (χ3v) is 3.10. The minimum absolute atomic E-state index is 0.107. The van der Waals surface area contributed by atoms with Crippen LogP contribution in [0.4, 0.5) is 0 Å². The van der Waals surface area contributed by atoms with Gasteiger partial charge in [0, 0.05) is 13.1 Å². The summed E-state index contributed by atoms with van der Waals surface area (Å²) in [6.07, 6.45) is 0.421. The van der Waals surface area contributed by atoms with Gasteiger partial charge in [0.15, 0.2) is 5.84 Å². The minimum atomic E-state index is -1.05. The summed E-state index contributed by atoms with van der Waals surface area (Å²) in [7, 11) is 0. The number of rotatable bonds is 6. The van der Waals surface area contributed by atoms with Gasteiger partial charge in [0.2, 0.25) is 5.91 Å². The van der Waals surface area contributed by atoms with Gasteiger partial charge < -0.3 is 20.9 Å². The molecule has 0 aliphatic heterocycles. The fraction of sp³-hybridized carbons (Fsp3) is 0.833. The van der Waals surface area contributed by atoms with Gasteiger partial charge in [0.05, 0.1) is 5.60 Å². The first-order chi connectivity index (χ1) is 8.12. The molecule has 0 spiro atoms. The van der Waals surface area contributed by atoms with E-state index in [1.165, 1.54) is 4.90 Å². The number of carbonyl (C=O) groups is 1. The number of aliphatic hydroxyl groups is 1. The van der Waals surface area contributed by atoms with Gasteiger partial charge in [-0.3, -0.25) is 4.79 Å². The van der Waals surface area contributed by atoms with Gasteiger partial charge in [-0.05, 0) is 34.1 Å². The number of oxime groups is 1. The van der Waals surface area contributed by atoms with Crippen molar-refractivity contribution in [1.82, 2.24) is 4.90 Å². The van der Waals surface area contributed by atoms with Crippen molar-refractivity contribution < 1.29 is 15.1 Å². The van der Waals surface area contributed by atoms with Crippen molar-refractivity contribution in [3.63, 3.8) is 0 Å². The fourth-order valence-electron chi connectivity index (χ4n) is 1.70. The number of carbonyl (C=O) groups excluding carboxylic acids is 1. The molecule has 1 amide bonds. The first-order valence-corrected chi connectivity index (χ1v) is 6.12. The number of amides is 1. The molecule has 1 atom stereocenters. The van der Waals surface area contributed by atoms with E-state index in [2.05, 4.69) is 5.16 Å². The first-order valence-electron chi connectivity index (χ1n) is 6.12. The summed E-state index contributed by atoms with van der Waals surface area (Å²) in [6.45, 7) is 9.19. The summed E-state index contributed by atoms with van der Waals surface area (Å²) >= 11 is 0. The lowest BCUT2D eigenvalue weighted by Gasteiger charge is -2.35. The molecule has 0 heterocycles. The highest BCUT2D eigenvalue weighted by molar-refractivity contribution is 6.06. The molecule has 0 fully saturated rings. The molecule has 18 heavy (non-hydrogen) atoms. The molecule has 0 bridgehead atoms. The molecule has 0 saturated heterocycles. The second-order valence-electron chi connectivity index (χ2n) is 5.30. The van der Waals surface area contributed by atoms with E-state index in [-0.39, 0.29) is 18.3 Å². The Hall–Kier alpha value is -1.30. The monoisotopic (exact) mass is 259 g/mol. The molecule has 0 aliphatic carbocycles. The Kier molecular flexibility index (Phi) is 5.60. The molecule has 106 valence electrons. The van der Waals surface area contributed by atoms with Crippen LogP contribution in [-0.4, -0.2) is 45.6 Å². The summed E-state index contributed by atoms with van der Waals surface area (Å²) in [5.41, 5.74) is 3.58. The maximum absolute atomic E-state index is 12.4. The Bertz CT molecular complexity index is 323. The minimum Gasteiger partial charge on any atom is -0.409 e. The van der Waals surface area contributed by atoms with Gasteiger partial charge in [-0.2, -0.15) is 0 Å². The molecule has 0 aliphatic rings. The molecule has 6 nitrogen and oxygen atoms in total. The van der Waals surface area contributed by atoms with Gasteiger partial charge in [0.1, 0.15) is 5.41 Å². The molecule has 0 radical (unpaired) electrons. The fourth-order valence-corrected chi connectivity index (χ4v) is 1.70. The lowest BCUT2D eigenvalue weighted by Crippen LogP contribution is -2.52. The summed E-state index contributed by atoms with van der Waals surface area (Å²) < 4.78 is 0. The van der Waals surface area contributed by atoms with Crippen molar-refractivity contribution in [2.75, 3.05) is 13.1 Å². The number of amidine groups is 1. The van der Waals surface area contributed by atoms with E-state index in [1.54, 1.807) is 27.7 Å². The van der Waals surface area contributed by atoms with E-state index in [4.69, 9.17) is 10.9 Å². The molecule has 0 rings (SSSR count). The van der Waals surface area contributed by atoms with Crippen molar-refractivity contribution in [1.29, 1.82) is 0 Å². The molecule has 4 N–H and O–H groups in total. The SMILES string of the molecule is CCN(CC(C)(C)O)C(=O)C(C)(CC)C(N)=NO. The Balaban J connectivity index is 5.19. The second-order valence-corrected chi connectivity index (χ2v) is 5.30. The van der Waals surface area contributed by atoms with Gasteiger partial charge in [-0.15, -0.1) is 0 Å². The van der Waals surface area contributed by atoms with Crippen LogP contribution < -0.4 is 5.73 Å². The maximum atomic E-state index is 12.4. The van der Waals surface area contributed by atoms with Crippen LogP contribution in [0.5, 0.6) is 0 Å². The van der Waals surface area contributed by atoms with E-state index >= 15 is 0 Å². The number of nitrogens with two attached hydrogens (primary N) is 1. The number of hydrogen-bond donors (Lipinski definition) is 3. The molecule has 0 saturated carbocycles. The average Bonchev–Trinajstić information content (AvgIpc) is 2.31. The largest absolute Gasteiger partial charge is 0.409 e. The van der Waals surface area contributed by atoms with Crippen LogP contribution in [0.15, 0.2) is 5.16 Å². The third-order valence-electron chi connectivity index (χ3n) is 3.10. The summed E-state index contributed by atoms with van der Waals surface area (Å²) in [6, 6.07) is 0. The van der Waals surface area contributed by atoms with Crippen LogP contribution in [0.3, 0.4) is 0 Å². The third kappa shape index (κ3) is 3.87. The maximum Gasteiger partial charge on any atom is 0.236 e. The topological polar surface area (TPSA) is 99.2 Å². The Labute approximate surface area is 108 Å². The van der Waals surface area contributed by atoms with Crippen LogP contribution in [-0.2, 0) is 4.79 Å². The van der Waals surface area contributed by atoms with E-state index in [1.807, 2.05) is 6.92 Å². The lowest BCUT2D eigenvalue weighted by molar-refractivity contribution is -0.140. The van der Waals surface area contributed by atoms with Crippen molar-refractivity contribution in [2.45, 2.75) is 46.6 Å². The van der Waals surface area contributed by atoms with Crippen LogP contribution in [0.1, 0.15) is 41.0 Å². The zero-order chi connectivity index (χ0) is 14.6. The van der Waals surface area contributed by atoms with Crippen LogP contribution in [0.2, 0.25) is 0 Å². The van der Waals surface area contributed by atoms with Gasteiger partial charge in [0.25, 0.3) is 0 Å². The van der Waals surface area contributed by atoms with Crippen molar-refractivity contribution in [2.24, 2.45) is 16.3 Å². The Morgan fingerprint density at radius 3 is 2.11 bits per heavy atom. The van der Waals surface area contributed by atoms with Crippen LogP contribution in [0.25, 0.3) is 0 Å². The standard InChI is InChI=1S/C12H25N3O3/c1-6-12(5,9(13)14-18)10(16)15(7-2)8-11(3,4)17/h17-18H,6-8H2,1-5H3,(H2,13,14). The molecule has 0 aromatic carbocycles. The molecular formula is C12H25N3O3. The molecule has 0 aromatic rings. The molecular weight excluding hydrogens is 234 g/mol. The van der Waals surface area contributed by atoms with Crippen molar-refractivity contribution in [3.05, 3.63) is 0 Å². The van der Waals surface area contributed by atoms with Crippen LogP contribution in [0, 0.1) is 5.41 Å². The van der Waals surface area contributed by atoms with Gasteiger partial charge >= 0.3 is 0 Å².